The largest absolute Gasteiger partial charge is 0.399 e. The van der Waals surface area contributed by atoms with Crippen molar-refractivity contribution in [1.29, 1.82) is 0 Å². The normalized spacial score (nSPS) is 12.9. The molecule has 1 atom stereocenters. The number of benzene rings is 1. The molecule has 0 radical (unpaired) electrons. The van der Waals surface area contributed by atoms with E-state index in [0.717, 1.165) is 30.8 Å². The maximum Gasteiger partial charge on any atom is 0.0897 e. The van der Waals surface area contributed by atoms with Crippen molar-refractivity contribution in [2.75, 3.05) is 25.4 Å². The molecule has 0 aromatic heterocycles. The summed E-state index contributed by atoms with van der Waals surface area (Å²) in [5.74, 6) is 0. The molecule has 0 bridgehead atoms. The van der Waals surface area contributed by atoms with Crippen LogP contribution in [0.3, 0.4) is 0 Å². The maximum atomic E-state index is 9.47. The van der Waals surface area contributed by atoms with Crippen LogP contribution >= 0.6 is 0 Å². The zero-order valence-electron chi connectivity index (χ0n) is 10.3. The minimum absolute atomic E-state index is 0.193. The van der Waals surface area contributed by atoms with Crippen LogP contribution in [0.4, 0.5) is 5.69 Å². The van der Waals surface area contributed by atoms with E-state index in [4.69, 9.17) is 10.8 Å². The standard InChI is InChI=1S/C13H22N2O2/c1-2-7-15(9-13(17)10-16)8-11-3-5-12(14)6-4-11/h3-6,13,16-17H,2,7-10,14H2,1H3. The Bertz CT molecular complexity index is 314. The Labute approximate surface area is 103 Å². The van der Waals surface area contributed by atoms with Gasteiger partial charge in [-0.2, -0.15) is 0 Å². The summed E-state index contributed by atoms with van der Waals surface area (Å²) < 4.78 is 0. The monoisotopic (exact) mass is 238 g/mol. The molecule has 4 N–H and O–H groups in total. The lowest BCUT2D eigenvalue weighted by Gasteiger charge is -2.23. The average molecular weight is 238 g/mol. The van der Waals surface area contributed by atoms with Crippen molar-refractivity contribution in [3.63, 3.8) is 0 Å². The second-order valence-electron chi connectivity index (χ2n) is 4.31. The third kappa shape index (κ3) is 5.17. The first-order valence-corrected chi connectivity index (χ1v) is 6.01. The molecular weight excluding hydrogens is 216 g/mol. The van der Waals surface area contributed by atoms with Crippen molar-refractivity contribution in [3.05, 3.63) is 29.8 Å². The summed E-state index contributed by atoms with van der Waals surface area (Å²) in [4.78, 5) is 2.13. The van der Waals surface area contributed by atoms with Crippen molar-refractivity contribution >= 4 is 5.69 Å². The van der Waals surface area contributed by atoms with Crippen LogP contribution in [0, 0.1) is 0 Å². The third-order valence-corrected chi connectivity index (χ3v) is 2.61. The van der Waals surface area contributed by atoms with E-state index in [9.17, 15) is 5.11 Å². The van der Waals surface area contributed by atoms with E-state index in [-0.39, 0.29) is 6.61 Å². The molecule has 0 aliphatic heterocycles. The Balaban J connectivity index is 2.56. The molecule has 0 aliphatic rings. The summed E-state index contributed by atoms with van der Waals surface area (Å²) in [5.41, 5.74) is 7.55. The zero-order chi connectivity index (χ0) is 12.7. The highest BCUT2D eigenvalue weighted by atomic mass is 16.3. The van der Waals surface area contributed by atoms with Crippen LogP contribution in [-0.4, -0.2) is 40.9 Å². The lowest BCUT2D eigenvalue weighted by molar-refractivity contribution is 0.0567. The van der Waals surface area contributed by atoms with Crippen LogP contribution < -0.4 is 5.73 Å². The summed E-state index contributed by atoms with van der Waals surface area (Å²) in [5, 5.41) is 18.3. The second-order valence-corrected chi connectivity index (χ2v) is 4.31. The van der Waals surface area contributed by atoms with Gasteiger partial charge in [0, 0.05) is 18.8 Å². The predicted molar refractivity (Wildman–Crippen MR) is 69.5 cm³/mol. The third-order valence-electron chi connectivity index (χ3n) is 2.61. The van der Waals surface area contributed by atoms with Gasteiger partial charge in [0.25, 0.3) is 0 Å². The van der Waals surface area contributed by atoms with E-state index in [0.29, 0.717) is 6.54 Å². The number of anilines is 1. The number of nitrogens with two attached hydrogens (primary N) is 1. The number of aliphatic hydroxyl groups is 2. The van der Waals surface area contributed by atoms with Gasteiger partial charge in [-0.25, -0.2) is 0 Å². The van der Waals surface area contributed by atoms with Gasteiger partial charge in [-0.15, -0.1) is 0 Å². The number of aliphatic hydroxyl groups excluding tert-OH is 2. The van der Waals surface area contributed by atoms with Gasteiger partial charge in [-0.05, 0) is 30.7 Å². The highest BCUT2D eigenvalue weighted by Gasteiger charge is 2.10. The SMILES string of the molecule is CCCN(Cc1ccc(N)cc1)CC(O)CO. The van der Waals surface area contributed by atoms with E-state index in [1.165, 1.54) is 0 Å². The number of hydrogen-bond acceptors (Lipinski definition) is 4. The van der Waals surface area contributed by atoms with Crippen molar-refractivity contribution in [3.8, 4) is 0 Å². The van der Waals surface area contributed by atoms with E-state index < -0.39 is 6.10 Å². The van der Waals surface area contributed by atoms with Crippen LogP contribution in [-0.2, 0) is 6.54 Å². The van der Waals surface area contributed by atoms with Crippen molar-refractivity contribution in [1.82, 2.24) is 4.90 Å². The van der Waals surface area contributed by atoms with Crippen LogP contribution in [0.15, 0.2) is 24.3 Å². The van der Waals surface area contributed by atoms with Crippen LogP contribution in [0.1, 0.15) is 18.9 Å². The topological polar surface area (TPSA) is 69.7 Å². The number of rotatable bonds is 7. The summed E-state index contributed by atoms with van der Waals surface area (Å²) >= 11 is 0. The van der Waals surface area contributed by atoms with Gasteiger partial charge in [0.1, 0.15) is 0 Å². The molecule has 1 aromatic rings. The van der Waals surface area contributed by atoms with Crippen LogP contribution in [0.2, 0.25) is 0 Å². The Morgan fingerprint density at radius 3 is 2.47 bits per heavy atom. The summed E-state index contributed by atoms with van der Waals surface area (Å²) in [6.07, 6.45) is 0.350. The molecule has 4 nitrogen and oxygen atoms in total. The van der Waals surface area contributed by atoms with Gasteiger partial charge in [0.15, 0.2) is 0 Å². The first kappa shape index (κ1) is 14.0. The first-order chi connectivity index (χ1) is 8.15. The predicted octanol–water partition coefficient (Wildman–Crippen LogP) is 0.834. The molecule has 1 unspecified atom stereocenters. The molecule has 0 heterocycles. The Morgan fingerprint density at radius 2 is 1.94 bits per heavy atom. The fourth-order valence-corrected chi connectivity index (χ4v) is 1.79. The fourth-order valence-electron chi connectivity index (χ4n) is 1.79. The second kappa shape index (κ2) is 7.27. The van der Waals surface area contributed by atoms with E-state index in [1.54, 1.807) is 0 Å². The van der Waals surface area contributed by atoms with Gasteiger partial charge in [0.2, 0.25) is 0 Å². The number of nitrogens with zero attached hydrogens (tertiary/aromatic N) is 1. The van der Waals surface area contributed by atoms with E-state index >= 15 is 0 Å². The molecule has 0 aliphatic carbocycles. The molecule has 1 rings (SSSR count). The van der Waals surface area contributed by atoms with Gasteiger partial charge < -0.3 is 15.9 Å². The molecule has 0 saturated heterocycles. The van der Waals surface area contributed by atoms with Crippen molar-refractivity contribution < 1.29 is 10.2 Å². The first-order valence-electron chi connectivity index (χ1n) is 6.01. The van der Waals surface area contributed by atoms with Gasteiger partial charge >= 0.3 is 0 Å². The summed E-state index contributed by atoms with van der Waals surface area (Å²) in [6, 6.07) is 7.73. The minimum atomic E-state index is -0.671. The molecule has 17 heavy (non-hydrogen) atoms. The van der Waals surface area contributed by atoms with Gasteiger partial charge in [-0.1, -0.05) is 19.1 Å². The molecule has 96 valence electrons. The highest BCUT2D eigenvalue weighted by molar-refractivity contribution is 5.39. The summed E-state index contributed by atoms with van der Waals surface area (Å²) in [7, 11) is 0. The number of nitrogen functional groups attached to an aromatic ring is 1. The van der Waals surface area contributed by atoms with E-state index in [1.807, 2.05) is 24.3 Å². The lowest BCUT2D eigenvalue weighted by Crippen LogP contribution is -2.34. The number of hydrogen-bond donors (Lipinski definition) is 3. The Morgan fingerprint density at radius 1 is 1.29 bits per heavy atom. The maximum absolute atomic E-state index is 9.47. The fraction of sp³-hybridized carbons (Fsp3) is 0.538. The molecule has 0 fully saturated rings. The van der Waals surface area contributed by atoms with Gasteiger partial charge in [0.05, 0.1) is 12.7 Å². The molecule has 0 saturated carbocycles. The van der Waals surface area contributed by atoms with Crippen molar-refractivity contribution in [2.45, 2.75) is 26.0 Å². The molecule has 0 amide bonds. The minimum Gasteiger partial charge on any atom is -0.399 e. The zero-order valence-corrected chi connectivity index (χ0v) is 10.3. The molecule has 1 aromatic carbocycles. The quantitative estimate of drug-likeness (QED) is 0.616. The smallest absolute Gasteiger partial charge is 0.0897 e. The van der Waals surface area contributed by atoms with Crippen LogP contribution in [0.5, 0.6) is 0 Å². The lowest BCUT2D eigenvalue weighted by atomic mass is 10.2. The Kier molecular flexibility index (Phi) is 5.97. The molecular formula is C13H22N2O2. The average Bonchev–Trinajstić information content (AvgIpc) is 2.32. The Hall–Kier alpha value is -1.10. The van der Waals surface area contributed by atoms with Crippen molar-refractivity contribution in [2.24, 2.45) is 0 Å². The van der Waals surface area contributed by atoms with Gasteiger partial charge in [-0.3, -0.25) is 4.90 Å². The van der Waals surface area contributed by atoms with E-state index in [2.05, 4.69) is 11.8 Å². The molecule has 0 spiro atoms. The van der Waals surface area contributed by atoms with Crippen LogP contribution in [0.25, 0.3) is 0 Å². The molecule has 4 heteroatoms. The summed E-state index contributed by atoms with van der Waals surface area (Å²) in [6.45, 7) is 4.07. The highest BCUT2D eigenvalue weighted by Crippen LogP contribution is 2.09.